The predicted molar refractivity (Wildman–Crippen MR) is 101 cm³/mol. The summed E-state index contributed by atoms with van der Waals surface area (Å²) >= 11 is 5.05. The summed E-state index contributed by atoms with van der Waals surface area (Å²) in [6.07, 6.45) is 0. The van der Waals surface area contributed by atoms with Gasteiger partial charge in [-0.15, -0.1) is 0 Å². The summed E-state index contributed by atoms with van der Waals surface area (Å²) in [7, 11) is 0. The highest BCUT2D eigenvalue weighted by molar-refractivity contribution is 7.80. The second-order valence-corrected chi connectivity index (χ2v) is 6.44. The number of rotatable bonds is 4. The summed E-state index contributed by atoms with van der Waals surface area (Å²) < 4.78 is 5.85. The van der Waals surface area contributed by atoms with Gasteiger partial charge >= 0.3 is 0 Å². The Labute approximate surface area is 148 Å². The van der Waals surface area contributed by atoms with Gasteiger partial charge < -0.3 is 15.4 Å². The zero-order chi connectivity index (χ0) is 16.9. The molecule has 0 amide bonds. The second kappa shape index (κ2) is 7.64. The van der Waals surface area contributed by atoms with Gasteiger partial charge in [0.05, 0.1) is 0 Å². The summed E-state index contributed by atoms with van der Waals surface area (Å²) in [4.78, 5) is 4.52. The van der Waals surface area contributed by atoms with Crippen LogP contribution >= 0.6 is 12.2 Å². The first kappa shape index (κ1) is 16.7. The lowest BCUT2D eigenvalue weighted by atomic mass is 10.1. The van der Waals surface area contributed by atoms with E-state index in [0.717, 1.165) is 37.7 Å². The summed E-state index contributed by atoms with van der Waals surface area (Å²) in [6.45, 7) is 5.98. The van der Waals surface area contributed by atoms with Gasteiger partial charge in [-0.1, -0.05) is 30.3 Å². The fourth-order valence-corrected chi connectivity index (χ4v) is 3.16. The molecule has 24 heavy (non-hydrogen) atoms. The van der Waals surface area contributed by atoms with Crippen molar-refractivity contribution in [1.82, 2.24) is 9.80 Å². The van der Waals surface area contributed by atoms with E-state index >= 15 is 0 Å². The number of para-hydroxylation sites is 1. The fourth-order valence-electron chi connectivity index (χ4n) is 2.98. The van der Waals surface area contributed by atoms with Gasteiger partial charge in [0.1, 0.15) is 11.5 Å². The molecule has 0 saturated carbocycles. The van der Waals surface area contributed by atoms with Gasteiger partial charge in [-0.25, -0.2) is 0 Å². The topological polar surface area (TPSA) is 41.7 Å². The molecule has 5 heteroatoms. The van der Waals surface area contributed by atoms with Crippen molar-refractivity contribution in [2.24, 2.45) is 5.73 Å². The van der Waals surface area contributed by atoms with Crippen molar-refractivity contribution in [3.8, 4) is 11.5 Å². The Kier molecular flexibility index (Phi) is 5.33. The van der Waals surface area contributed by atoms with E-state index < -0.39 is 0 Å². The third-order valence-corrected chi connectivity index (χ3v) is 4.77. The SMILES string of the molecule is CC(c1ccc(Oc2ccccc2)cc1)N1CCN(C(N)=S)CC1. The maximum Gasteiger partial charge on any atom is 0.166 e. The molecule has 0 radical (unpaired) electrons. The molecular formula is C19H23N3OS. The van der Waals surface area contributed by atoms with Crippen molar-refractivity contribution in [3.05, 3.63) is 60.2 Å². The molecule has 1 aliphatic rings. The molecule has 1 heterocycles. The van der Waals surface area contributed by atoms with Crippen molar-refractivity contribution in [1.29, 1.82) is 0 Å². The second-order valence-electron chi connectivity index (χ2n) is 6.02. The molecule has 0 spiro atoms. The van der Waals surface area contributed by atoms with Crippen LogP contribution in [0.3, 0.4) is 0 Å². The third-order valence-electron chi connectivity index (χ3n) is 4.52. The van der Waals surface area contributed by atoms with E-state index in [4.69, 9.17) is 22.7 Å². The molecule has 4 nitrogen and oxygen atoms in total. The average Bonchev–Trinajstić information content (AvgIpc) is 2.63. The highest BCUT2D eigenvalue weighted by atomic mass is 32.1. The number of piperazine rings is 1. The highest BCUT2D eigenvalue weighted by Crippen LogP contribution is 2.26. The fraction of sp³-hybridized carbons (Fsp3) is 0.316. The van der Waals surface area contributed by atoms with Crippen LogP contribution in [0.15, 0.2) is 54.6 Å². The van der Waals surface area contributed by atoms with Crippen LogP contribution in [0.2, 0.25) is 0 Å². The molecule has 1 fully saturated rings. The minimum Gasteiger partial charge on any atom is -0.457 e. The van der Waals surface area contributed by atoms with Crippen molar-refractivity contribution in [2.45, 2.75) is 13.0 Å². The molecule has 0 aliphatic carbocycles. The van der Waals surface area contributed by atoms with Crippen LogP contribution in [-0.2, 0) is 0 Å². The largest absolute Gasteiger partial charge is 0.457 e. The maximum atomic E-state index is 5.85. The minimum absolute atomic E-state index is 0.365. The number of nitrogens with two attached hydrogens (primary N) is 1. The molecule has 1 aliphatic heterocycles. The summed E-state index contributed by atoms with van der Waals surface area (Å²) in [5, 5.41) is 0.504. The Hall–Kier alpha value is -2.11. The van der Waals surface area contributed by atoms with E-state index in [1.807, 2.05) is 42.5 Å². The van der Waals surface area contributed by atoms with Crippen molar-refractivity contribution < 1.29 is 4.74 Å². The Bertz CT molecular complexity index is 667. The van der Waals surface area contributed by atoms with Gasteiger partial charge in [0.25, 0.3) is 0 Å². The van der Waals surface area contributed by atoms with Gasteiger partial charge in [0.2, 0.25) is 0 Å². The Balaban J connectivity index is 1.60. The van der Waals surface area contributed by atoms with Gasteiger partial charge in [-0.3, -0.25) is 4.90 Å². The molecule has 0 bridgehead atoms. The van der Waals surface area contributed by atoms with Crippen LogP contribution in [0, 0.1) is 0 Å². The molecule has 1 atom stereocenters. The smallest absolute Gasteiger partial charge is 0.166 e. The molecule has 1 saturated heterocycles. The molecular weight excluding hydrogens is 318 g/mol. The van der Waals surface area contributed by atoms with E-state index in [9.17, 15) is 0 Å². The molecule has 2 aromatic rings. The Morgan fingerprint density at radius 2 is 1.54 bits per heavy atom. The maximum absolute atomic E-state index is 5.85. The number of benzene rings is 2. The lowest BCUT2D eigenvalue weighted by Crippen LogP contribution is -2.50. The number of hydrogen-bond donors (Lipinski definition) is 1. The van der Waals surface area contributed by atoms with Gasteiger partial charge in [0.15, 0.2) is 5.11 Å². The first-order valence-electron chi connectivity index (χ1n) is 8.25. The molecule has 2 N–H and O–H groups in total. The van der Waals surface area contributed by atoms with E-state index in [1.54, 1.807) is 0 Å². The van der Waals surface area contributed by atoms with E-state index in [1.165, 1.54) is 5.56 Å². The summed E-state index contributed by atoms with van der Waals surface area (Å²) in [6, 6.07) is 18.5. The van der Waals surface area contributed by atoms with E-state index in [2.05, 4.69) is 28.9 Å². The van der Waals surface area contributed by atoms with Crippen molar-refractivity contribution >= 4 is 17.3 Å². The van der Waals surface area contributed by atoms with E-state index in [0.29, 0.717) is 11.2 Å². The number of thiocarbonyl (C=S) groups is 1. The predicted octanol–water partition coefficient (Wildman–Crippen LogP) is 3.40. The number of nitrogens with zero attached hydrogens (tertiary/aromatic N) is 2. The quantitative estimate of drug-likeness (QED) is 0.863. The monoisotopic (exact) mass is 341 g/mol. The van der Waals surface area contributed by atoms with Gasteiger partial charge in [-0.2, -0.15) is 0 Å². The standard InChI is InChI=1S/C19H23N3OS/c1-15(21-11-13-22(14-12-21)19(20)24)16-7-9-18(10-8-16)23-17-5-3-2-4-6-17/h2-10,15H,11-14H2,1H3,(H2,20,24). The third kappa shape index (κ3) is 4.04. The van der Waals surface area contributed by atoms with Crippen LogP contribution in [0.25, 0.3) is 0 Å². The van der Waals surface area contributed by atoms with Crippen molar-refractivity contribution in [3.63, 3.8) is 0 Å². The normalized spacial score (nSPS) is 16.6. The highest BCUT2D eigenvalue weighted by Gasteiger charge is 2.22. The first-order chi connectivity index (χ1) is 11.6. The number of hydrogen-bond acceptors (Lipinski definition) is 3. The Morgan fingerprint density at radius 1 is 0.958 bits per heavy atom. The first-order valence-corrected chi connectivity index (χ1v) is 8.65. The number of ether oxygens (including phenoxy) is 1. The molecule has 0 aromatic heterocycles. The van der Waals surface area contributed by atoms with Crippen LogP contribution in [0.4, 0.5) is 0 Å². The zero-order valence-corrected chi connectivity index (χ0v) is 14.7. The van der Waals surface area contributed by atoms with Crippen LogP contribution < -0.4 is 10.5 Å². The summed E-state index contributed by atoms with van der Waals surface area (Å²) in [5.74, 6) is 1.71. The van der Waals surface area contributed by atoms with Gasteiger partial charge in [0, 0.05) is 32.2 Å². The average molecular weight is 341 g/mol. The molecule has 126 valence electrons. The zero-order valence-electron chi connectivity index (χ0n) is 13.9. The molecule has 2 aromatic carbocycles. The summed E-state index contributed by atoms with van der Waals surface area (Å²) in [5.41, 5.74) is 7.00. The van der Waals surface area contributed by atoms with Crippen LogP contribution in [0.1, 0.15) is 18.5 Å². The lowest BCUT2D eigenvalue weighted by molar-refractivity contribution is 0.141. The lowest BCUT2D eigenvalue weighted by Gasteiger charge is -2.38. The van der Waals surface area contributed by atoms with Crippen LogP contribution in [0.5, 0.6) is 11.5 Å². The minimum atomic E-state index is 0.365. The van der Waals surface area contributed by atoms with E-state index in [-0.39, 0.29) is 0 Å². The van der Waals surface area contributed by atoms with Crippen LogP contribution in [-0.4, -0.2) is 41.1 Å². The molecule has 1 unspecified atom stereocenters. The Morgan fingerprint density at radius 3 is 2.12 bits per heavy atom. The van der Waals surface area contributed by atoms with Gasteiger partial charge in [-0.05, 0) is 49.0 Å². The molecule has 3 rings (SSSR count). The van der Waals surface area contributed by atoms with Crippen molar-refractivity contribution in [2.75, 3.05) is 26.2 Å².